The highest BCUT2D eigenvalue weighted by Gasteiger charge is 2.07. The number of benzene rings is 1. The Kier molecular flexibility index (Phi) is 3.28. The molecule has 0 bridgehead atoms. The summed E-state index contributed by atoms with van der Waals surface area (Å²) in [4.78, 5) is 19.7. The third-order valence-corrected chi connectivity index (χ3v) is 1.49. The highest BCUT2D eigenvalue weighted by molar-refractivity contribution is 5.71. The second kappa shape index (κ2) is 4.47. The van der Waals surface area contributed by atoms with Crippen molar-refractivity contribution in [3.8, 4) is 5.75 Å². The van der Waals surface area contributed by atoms with Crippen LogP contribution in [-0.4, -0.2) is 18.2 Å². The molecule has 13 heavy (non-hydrogen) atoms. The maximum atomic E-state index is 10.4. The van der Waals surface area contributed by atoms with Crippen LogP contribution in [0.5, 0.6) is 5.75 Å². The number of carboxylic acids is 1. The average molecular weight is 182 g/mol. The van der Waals surface area contributed by atoms with E-state index in [1.165, 1.54) is 7.11 Å². The molecule has 0 amide bonds. The second-order valence-corrected chi connectivity index (χ2v) is 2.43. The fourth-order valence-corrected chi connectivity index (χ4v) is 0.984. The van der Waals surface area contributed by atoms with Crippen LogP contribution in [0.2, 0.25) is 0 Å². The highest BCUT2D eigenvalue weighted by Crippen LogP contribution is 2.18. The fourth-order valence-electron chi connectivity index (χ4n) is 0.984. The standard InChI is InChI=1S/C9H10O4/c1-12-13-8-5-3-2-4-7(8)6-9(10)11/h2-5H,6H2,1H3,(H,10,11). The Morgan fingerprint density at radius 1 is 1.46 bits per heavy atom. The summed E-state index contributed by atoms with van der Waals surface area (Å²) in [6, 6.07) is 6.84. The number of rotatable bonds is 4. The minimum atomic E-state index is -0.896. The molecule has 0 saturated heterocycles. The minimum absolute atomic E-state index is 0.0699. The first-order valence-electron chi connectivity index (χ1n) is 3.74. The molecule has 1 N–H and O–H groups in total. The Labute approximate surface area is 75.6 Å². The quantitative estimate of drug-likeness (QED) is 0.562. The lowest BCUT2D eigenvalue weighted by atomic mass is 10.1. The molecule has 4 heteroatoms. The number of para-hydroxylation sites is 1. The first-order chi connectivity index (χ1) is 6.24. The van der Waals surface area contributed by atoms with Crippen LogP contribution in [-0.2, 0) is 16.1 Å². The van der Waals surface area contributed by atoms with E-state index in [9.17, 15) is 4.79 Å². The zero-order valence-corrected chi connectivity index (χ0v) is 7.19. The van der Waals surface area contributed by atoms with Gasteiger partial charge in [0.15, 0.2) is 5.75 Å². The fraction of sp³-hybridized carbons (Fsp3) is 0.222. The largest absolute Gasteiger partial charge is 0.481 e. The van der Waals surface area contributed by atoms with Crippen molar-refractivity contribution in [3.05, 3.63) is 29.8 Å². The molecule has 0 fully saturated rings. The summed E-state index contributed by atoms with van der Waals surface area (Å²) in [5, 5.41) is 8.56. The van der Waals surface area contributed by atoms with Crippen LogP contribution >= 0.6 is 0 Å². The monoisotopic (exact) mass is 182 g/mol. The van der Waals surface area contributed by atoms with Crippen molar-refractivity contribution in [2.24, 2.45) is 0 Å². The molecule has 4 nitrogen and oxygen atoms in total. The molecule has 0 aliphatic carbocycles. The van der Waals surface area contributed by atoms with E-state index in [4.69, 9.17) is 9.99 Å². The number of hydrogen-bond acceptors (Lipinski definition) is 3. The maximum absolute atomic E-state index is 10.4. The smallest absolute Gasteiger partial charge is 0.307 e. The van der Waals surface area contributed by atoms with Gasteiger partial charge in [-0.2, -0.15) is 4.89 Å². The van der Waals surface area contributed by atoms with Gasteiger partial charge in [-0.25, -0.2) is 0 Å². The van der Waals surface area contributed by atoms with Crippen LogP contribution in [0.4, 0.5) is 0 Å². The number of aliphatic carboxylic acids is 1. The van der Waals surface area contributed by atoms with Crippen molar-refractivity contribution in [2.75, 3.05) is 7.11 Å². The number of carbonyl (C=O) groups is 1. The van der Waals surface area contributed by atoms with Crippen molar-refractivity contribution in [1.82, 2.24) is 0 Å². The van der Waals surface area contributed by atoms with Gasteiger partial charge in [0.1, 0.15) is 0 Å². The molecule has 70 valence electrons. The second-order valence-electron chi connectivity index (χ2n) is 2.43. The van der Waals surface area contributed by atoms with Gasteiger partial charge in [-0.05, 0) is 6.07 Å². The summed E-state index contributed by atoms with van der Waals surface area (Å²) in [6.07, 6.45) is -0.0699. The predicted molar refractivity (Wildman–Crippen MR) is 45.4 cm³/mol. The van der Waals surface area contributed by atoms with Gasteiger partial charge in [-0.1, -0.05) is 18.2 Å². The van der Waals surface area contributed by atoms with E-state index in [0.717, 1.165) is 0 Å². The summed E-state index contributed by atoms with van der Waals surface area (Å²) < 4.78 is 0. The molecule has 0 heterocycles. The molecule has 0 saturated carbocycles. The SMILES string of the molecule is COOc1ccccc1CC(=O)O. The third-order valence-electron chi connectivity index (χ3n) is 1.49. The Morgan fingerprint density at radius 2 is 2.15 bits per heavy atom. The van der Waals surface area contributed by atoms with Gasteiger partial charge in [-0.3, -0.25) is 4.79 Å². The Balaban J connectivity index is 2.84. The van der Waals surface area contributed by atoms with Crippen LogP contribution in [0.3, 0.4) is 0 Å². The molecule has 1 aromatic carbocycles. The molecular weight excluding hydrogens is 172 g/mol. The van der Waals surface area contributed by atoms with Crippen LogP contribution in [0.1, 0.15) is 5.56 Å². The maximum Gasteiger partial charge on any atom is 0.307 e. The van der Waals surface area contributed by atoms with Crippen LogP contribution in [0.25, 0.3) is 0 Å². The van der Waals surface area contributed by atoms with E-state index >= 15 is 0 Å². The van der Waals surface area contributed by atoms with Crippen molar-refractivity contribution in [1.29, 1.82) is 0 Å². The van der Waals surface area contributed by atoms with E-state index in [1.54, 1.807) is 24.3 Å². The first-order valence-corrected chi connectivity index (χ1v) is 3.74. The summed E-state index contributed by atoms with van der Waals surface area (Å²) in [5.74, 6) is -0.459. The summed E-state index contributed by atoms with van der Waals surface area (Å²) in [5.41, 5.74) is 0.594. The van der Waals surface area contributed by atoms with Gasteiger partial charge in [0, 0.05) is 5.56 Å². The Hall–Kier alpha value is -1.55. The molecule has 0 aromatic heterocycles. The number of carboxylic acid groups (broad SMARTS) is 1. The van der Waals surface area contributed by atoms with Crippen molar-refractivity contribution in [3.63, 3.8) is 0 Å². The van der Waals surface area contributed by atoms with Crippen molar-refractivity contribution >= 4 is 5.97 Å². The topological polar surface area (TPSA) is 55.8 Å². The van der Waals surface area contributed by atoms with Crippen LogP contribution in [0, 0.1) is 0 Å². The minimum Gasteiger partial charge on any atom is -0.481 e. The lowest BCUT2D eigenvalue weighted by molar-refractivity contribution is -0.178. The molecule has 1 rings (SSSR count). The Morgan fingerprint density at radius 3 is 2.77 bits per heavy atom. The van der Waals surface area contributed by atoms with Crippen molar-refractivity contribution in [2.45, 2.75) is 6.42 Å². The van der Waals surface area contributed by atoms with Gasteiger partial charge in [0.25, 0.3) is 0 Å². The van der Waals surface area contributed by atoms with Gasteiger partial charge in [0.05, 0.1) is 13.5 Å². The summed E-state index contributed by atoms with van der Waals surface area (Å²) in [6.45, 7) is 0. The first kappa shape index (κ1) is 9.54. The van der Waals surface area contributed by atoms with Crippen LogP contribution in [0.15, 0.2) is 24.3 Å². The Bertz CT molecular complexity index is 295. The normalized spacial score (nSPS) is 9.62. The van der Waals surface area contributed by atoms with Crippen molar-refractivity contribution < 1.29 is 19.7 Å². The van der Waals surface area contributed by atoms with E-state index in [1.807, 2.05) is 0 Å². The van der Waals surface area contributed by atoms with Gasteiger partial charge in [-0.15, -0.1) is 0 Å². The molecule has 0 radical (unpaired) electrons. The molecule has 0 aliphatic rings. The predicted octanol–water partition coefficient (Wildman–Crippen LogP) is 1.25. The average Bonchev–Trinajstić information content (AvgIpc) is 2.08. The van der Waals surface area contributed by atoms with E-state index in [-0.39, 0.29) is 6.42 Å². The third kappa shape index (κ3) is 2.76. The van der Waals surface area contributed by atoms with Gasteiger partial charge < -0.3 is 9.99 Å². The van der Waals surface area contributed by atoms with E-state index in [0.29, 0.717) is 11.3 Å². The van der Waals surface area contributed by atoms with E-state index < -0.39 is 5.97 Å². The molecule has 0 unspecified atom stereocenters. The lowest BCUT2D eigenvalue weighted by Crippen LogP contribution is -2.03. The molecular formula is C9H10O4. The molecule has 0 atom stereocenters. The zero-order valence-electron chi connectivity index (χ0n) is 7.19. The van der Waals surface area contributed by atoms with Crippen LogP contribution < -0.4 is 4.89 Å². The molecule has 0 spiro atoms. The van der Waals surface area contributed by atoms with Gasteiger partial charge in [0.2, 0.25) is 0 Å². The van der Waals surface area contributed by atoms with Gasteiger partial charge >= 0.3 is 5.97 Å². The number of hydrogen-bond donors (Lipinski definition) is 1. The lowest BCUT2D eigenvalue weighted by Gasteiger charge is -2.05. The summed E-state index contributed by atoms with van der Waals surface area (Å²) in [7, 11) is 1.37. The highest BCUT2D eigenvalue weighted by atomic mass is 17.2. The zero-order chi connectivity index (χ0) is 9.68. The molecule has 1 aromatic rings. The molecule has 0 aliphatic heterocycles. The summed E-state index contributed by atoms with van der Waals surface area (Å²) >= 11 is 0. The van der Waals surface area contributed by atoms with E-state index in [2.05, 4.69) is 4.89 Å².